The zero-order valence-electron chi connectivity index (χ0n) is 9.00. The average Bonchev–Trinajstić information content (AvgIpc) is 2.28. The van der Waals surface area contributed by atoms with E-state index >= 15 is 0 Å². The Hall–Kier alpha value is -1.27. The summed E-state index contributed by atoms with van der Waals surface area (Å²) in [6.45, 7) is 2.21. The predicted octanol–water partition coefficient (Wildman–Crippen LogP) is 1.04. The summed E-state index contributed by atoms with van der Waals surface area (Å²) in [7, 11) is 0. The van der Waals surface area contributed by atoms with E-state index in [-0.39, 0.29) is 12.4 Å². The molecule has 1 heterocycles. The van der Waals surface area contributed by atoms with E-state index in [4.69, 9.17) is 16.0 Å². The van der Waals surface area contributed by atoms with Gasteiger partial charge in [-0.25, -0.2) is 0 Å². The maximum Gasteiger partial charge on any atom is 0.188 e. The zero-order valence-corrected chi connectivity index (χ0v) is 9.81. The monoisotopic (exact) mass is 241 g/mol. The fourth-order valence-electron chi connectivity index (χ4n) is 1.15. The summed E-state index contributed by atoms with van der Waals surface area (Å²) in [4.78, 5) is 4.97. The van der Waals surface area contributed by atoms with Gasteiger partial charge in [0, 0.05) is 22.9 Å². The highest BCUT2D eigenvalue weighted by molar-refractivity contribution is 7.99. The standard InChI is InChI=1S/C10H15N3O2S/c1-7(3-5-14)16-8-2-4-12-9(6-8)10(11)13-15/h2,4,6-7,14-15H,3,5H2,1H3,(H2,11,13). The van der Waals surface area contributed by atoms with Gasteiger partial charge >= 0.3 is 0 Å². The molecule has 1 unspecified atom stereocenters. The molecule has 0 aliphatic rings. The second-order valence-electron chi connectivity index (χ2n) is 3.30. The summed E-state index contributed by atoms with van der Waals surface area (Å²) in [5.41, 5.74) is 5.89. The predicted molar refractivity (Wildman–Crippen MR) is 63.8 cm³/mol. The van der Waals surface area contributed by atoms with Gasteiger partial charge in [0.1, 0.15) is 5.69 Å². The molecule has 88 valence electrons. The van der Waals surface area contributed by atoms with Crippen molar-refractivity contribution in [3.8, 4) is 0 Å². The van der Waals surface area contributed by atoms with Crippen molar-refractivity contribution in [2.24, 2.45) is 10.9 Å². The Morgan fingerprint density at radius 1 is 1.69 bits per heavy atom. The van der Waals surface area contributed by atoms with Gasteiger partial charge in [-0.2, -0.15) is 0 Å². The molecule has 0 amide bonds. The highest BCUT2D eigenvalue weighted by Crippen LogP contribution is 2.24. The topological polar surface area (TPSA) is 91.7 Å². The summed E-state index contributed by atoms with van der Waals surface area (Å²) < 4.78 is 0. The lowest BCUT2D eigenvalue weighted by Crippen LogP contribution is -2.14. The van der Waals surface area contributed by atoms with Crippen LogP contribution in [0.5, 0.6) is 0 Å². The maximum atomic E-state index is 8.80. The van der Waals surface area contributed by atoms with Gasteiger partial charge in [0.25, 0.3) is 0 Å². The molecule has 1 aromatic rings. The maximum absolute atomic E-state index is 8.80. The molecule has 5 nitrogen and oxygen atoms in total. The highest BCUT2D eigenvalue weighted by Gasteiger charge is 2.06. The van der Waals surface area contributed by atoms with Crippen LogP contribution in [0.3, 0.4) is 0 Å². The summed E-state index contributed by atoms with van der Waals surface area (Å²) in [5.74, 6) is -0.00254. The molecule has 1 rings (SSSR count). The molecule has 0 spiro atoms. The molecule has 0 saturated heterocycles. The van der Waals surface area contributed by atoms with Crippen molar-refractivity contribution in [3.63, 3.8) is 0 Å². The first-order chi connectivity index (χ1) is 7.67. The van der Waals surface area contributed by atoms with Crippen molar-refractivity contribution in [1.82, 2.24) is 4.98 Å². The minimum absolute atomic E-state index is 0.00254. The van der Waals surface area contributed by atoms with Gasteiger partial charge in [0.15, 0.2) is 5.84 Å². The zero-order chi connectivity index (χ0) is 12.0. The molecule has 1 atom stereocenters. The quantitative estimate of drug-likeness (QED) is 0.235. The number of aliphatic hydroxyl groups excluding tert-OH is 1. The first-order valence-corrected chi connectivity index (χ1v) is 5.76. The number of aromatic nitrogens is 1. The summed E-state index contributed by atoms with van der Waals surface area (Å²) in [6, 6.07) is 3.61. The second kappa shape index (κ2) is 6.34. The molecular formula is C10H15N3O2S. The van der Waals surface area contributed by atoms with Crippen molar-refractivity contribution in [2.45, 2.75) is 23.5 Å². The second-order valence-corrected chi connectivity index (χ2v) is 4.81. The minimum Gasteiger partial charge on any atom is -0.409 e. The number of amidine groups is 1. The molecule has 6 heteroatoms. The van der Waals surface area contributed by atoms with E-state index in [1.807, 2.05) is 13.0 Å². The van der Waals surface area contributed by atoms with E-state index in [9.17, 15) is 0 Å². The lowest BCUT2D eigenvalue weighted by atomic mass is 10.3. The van der Waals surface area contributed by atoms with E-state index < -0.39 is 0 Å². The van der Waals surface area contributed by atoms with Crippen LogP contribution >= 0.6 is 11.8 Å². The van der Waals surface area contributed by atoms with E-state index in [2.05, 4.69) is 10.1 Å². The van der Waals surface area contributed by atoms with Crippen LogP contribution in [0.4, 0.5) is 0 Å². The Labute approximate surface area is 98.4 Å². The van der Waals surface area contributed by atoms with Gasteiger partial charge in [-0.05, 0) is 18.6 Å². The van der Waals surface area contributed by atoms with Gasteiger partial charge in [0.2, 0.25) is 0 Å². The summed E-state index contributed by atoms with van der Waals surface area (Å²) >= 11 is 1.62. The third kappa shape index (κ3) is 3.71. The van der Waals surface area contributed by atoms with Crippen molar-refractivity contribution >= 4 is 17.6 Å². The third-order valence-corrected chi connectivity index (χ3v) is 3.14. The molecule has 0 saturated carbocycles. The SMILES string of the molecule is CC(CCO)Sc1ccnc(C(N)=NO)c1. The summed E-state index contributed by atoms with van der Waals surface area (Å²) in [5, 5.41) is 20.5. The van der Waals surface area contributed by atoms with Crippen molar-refractivity contribution in [1.29, 1.82) is 0 Å². The van der Waals surface area contributed by atoms with Crippen LogP contribution in [0.1, 0.15) is 19.0 Å². The fourth-order valence-corrected chi connectivity index (χ4v) is 2.16. The Morgan fingerprint density at radius 3 is 3.06 bits per heavy atom. The molecule has 1 aromatic heterocycles. The van der Waals surface area contributed by atoms with Crippen molar-refractivity contribution in [2.75, 3.05) is 6.61 Å². The van der Waals surface area contributed by atoms with Gasteiger partial charge in [-0.1, -0.05) is 12.1 Å². The Balaban J connectivity index is 2.75. The molecule has 4 N–H and O–H groups in total. The van der Waals surface area contributed by atoms with Crippen LogP contribution in [0.2, 0.25) is 0 Å². The average molecular weight is 241 g/mol. The van der Waals surface area contributed by atoms with Crippen LogP contribution in [-0.2, 0) is 0 Å². The lowest BCUT2D eigenvalue weighted by molar-refractivity contribution is 0.289. The van der Waals surface area contributed by atoms with Crippen LogP contribution in [-0.4, -0.2) is 33.0 Å². The number of thioether (sulfide) groups is 1. The van der Waals surface area contributed by atoms with E-state index in [1.54, 1.807) is 24.0 Å². The molecule has 0 aliphatic heterocycles. The summed E-state index contributed by atoms with van der Waals surface area (Å²) in [6.07, 6.45) is 2.34. The normalized spacial score (nSPS) is 13.8. The smallest absolute Gasteiger partial charge is 0.188 e. The number of nitrogens with two attached hydrogens (primary N) is 1. The van der Waals surface area contributed by atoms with Gasteiger partial charge in [-0.3, -0.25) is 4.98 Å². The number of oxime groups is 1. The molecule has 0 aliphatic carbocycles. The fraction of sp³-hybridized carbons (Fsp3) is 0.400. The molecule has 0 fully saturated rings. The van der Waals surface area contributed by atoms with Gasteiger partial charge < -0.3 is 16.0 Å². The van der Waals surface area contributed by atoms with Crippen molar-refractivity contribution < 1.29 is 10.3 Å². The van der Waals surface area contributed by atoms with Gasteiger partial charge in [0.05, 0.1) is 0 Å². The van der Waals surface area contributed by atoms with E-state index in [0.717, 1.165) is 11.3 Å². The van der Waals surface area contributed by atoms with E-state index in [1.165, 1.54) is 0 Å². The first kappa shape index (κ1) is 12.8. The number of rotatable bonds is 5. The highest BCUT2D eigenvalue weighted by atomic mass is 32.2. The van der Waals surface area contributed by atoms with Crippen molar-refractivity contribution in [3.05, 3.63) is 24.0 Å². The largest absolute Gasteiger partial charge is 0.409 e. The Morgan fingerprint density at radius 2 is 2.44 bits per heavy atom. The van der Waals surface area contributed by atoms with E-state index in [0.29, 0.717) is 10.9 Å². The molecule has 0 aromatic carbocycles. The number of hydrogen-bond donors (Lipinski definition) is 3. The number of pyridine rings is 1. The minimum atomic E-state index is -0.00254. The molecule has 0 radical (unpaired) electrons. The van der Waals surface area contributed by atoms with Gasteiger partial charge in [-0.15, -0.1) is 11.8 Å². The number of hydrogen-bond acceptors (Lipinski definition) is 5. The first-order valence-electron chi connectivity index (χ1n) is 4.89. The number of aliphatic hydroxyl groups is 1. The lowest BCUT2D eigenvalue weighted by Gasteiger charge is -2.09. The number of nitrogens with zero attached hydrogens (tertiary/aromatic N) is 2. The van der Waals surface area contributed by atoms with Crippen LogP contribution in [0.25, 0.3) is 0 Å². The third-order valence-electron chi connectivity index (χ3n) is 1.97. The van der Waals surface area contributed by atoms with Crippen LogP contribution < -0.4 is 5.73 Å². The molecule has 16 heavy (non-hydrogen) atoms. The van der Waals surface area contributed by atoms with Crippen LogP contribution in [0.15, 0.2) is 28.4 Å². The Bertz CT molecular complexity index is 371. The molecular weight excluding hydrogens is 226 g/mol. The molecule has 0 bridgehead atoms. The Kier molecular flexibility index (Phi) is 5.07. The van der Waals surface area contributed by atoms with Crippen LogP contribution in [0, 0.1) is 0 Å².